The number of carbonyl (C=O) groups is 1. The molecule has 1 atom stereocenters. The van der Waals surface area contributed by atoms with Crippen molar-refractivity contribution in [2.24, 2.45) is 0 Å². The van der Waals surface area contributed by atoms with E-state index in [4.69, 9.17) is 9.47 Å². The Bertz CT molecular complexity index is 1440. The van der Waals surface area contributed by atoms with Crippen molar-refractivity contribution < 1.29 is 23.6 Å². The van der Waals surface area contributed by atoms with Crippen molar-refractivity contribution in [2.75, 3.05) is 16.1 Å². The van der Waals surface area contributed by atoms with E-state index in [2.05, 4.69) is 9.44 Å². The lowest BCUT2D eigenvalue weighted by Gasteiger charge is -2.15. The third-order valence-electron chi connectivity index (χ3n) is 5.45. The van der Waals surface area contributed by atoms with Crippen LogP contribution < -0.4 is 18.9 Å². The van der Waals surface area contributed by atoms with Crippen LogP contribution >= 0.6 is 11.9 Å². The SMILES string of the molecule is CCOc1cc(Oc2ccc(NSc3ccc(C)cc3)c(C(=O)O)c2)ccc1NS(=O)c1ccc(C)cc1. The molecule has 0 aliphatic rings. The van der Waals surface area contributed by atoms with E-state index < -0.39 is 17.0 Å². The predicted octanol–water partition coefficient (Wildman–Crippen LogP) is 7.45. The predicted molar refractivity (Wildman–Crippen MR) is 153 cm³/mol. The molecule has 196 valence electrons. The average Bonchev–Trinajstić information content (AvgIpc) is 2.90. The summed E-state index contributed by atoms with van der Waals surface area (Å²) in [6, 6.07) is 25.3. The fourth-order valence-electron chi connectivity index (χ4n) is 3.46. The summed E-state index contributed by atoms with van der Waals surface area (Å²) >= 11 is 1.33. The number of rotatable bonds is 11. The highest BCUT2D eigenvalue weighted by atomic mass is 32.2. The molecule has 0 radical (unpaired) electrons. The van der Waals surface area contributed by atoms with Crippen LogP contribution in [0.1, 0.15) is 28.4 Å². The Hall–Kier alpha value is -3.95. The van der Waals surface area contributed by atoms with E-state index in [0.29, 0.717) is 40.1 Å². The first-order valence-corrected chi connectivity index (χ1v) is 13.9. The average molecular weight is 549 g/mol. The summed E-state index contributed by atoms with van der Waals surface area (Å²) in [5.74, 6) is 0.207. The summed E-state index contributed by atoms with van der Waals surface area (Å²) in [5, 5.41) is 9.77. The number of benzene rings is 4. The second kappa shape index (κ2) is 12.5. The van der Waals surface area contributed by atoms with Gasteiger partial charge in [0.2, 0.25) is 0 Å². The van der Waals surface area contributed by atoms with Crippen molar-refractivity contribution >= 4 is 40.3 Å². The molecule has 0 spiro atoms. The number of anilines is 2. The third-order valence-corrected chi connectivity index (χ3v) is 7.38. The molecule has 0 amide bonds. The van der Waals surface area contributed by atoms with Gasteiger partial charge in [0, 0.05) is 11.0 Å². The second-order valence-electron chi connectivity index (χ2n) is 8.41. The molecule has 9 heteroatoms. The molecular formula is C29H28N2O5S2. The van der Waals surface area contributed by atoms with Crippen LogP contribution in [0.15, 0.2) is 94.7 Å². The van der Waals surface area contributed by atoms with E-state index in [1.165, 1.54) is 18.0 Å². The summed E-state index contributed by atoms with van der Waals surface area (Å²) in [6.45, 7) is 6.24. The van der Waals surface area contributed by atoms with Crippen LogP contribution in [0.2, 0.25) is 0 Å². The van der Waals surface area contributed by atoms with Gasteiger partial charge in [0.1, 0.15) is 28.2 Å². The van der Waals surface area contributed by atoms with Crippen LogP contribution in [0, 0.1) is 13.8 Å². The smallest absolute Gasteiger partial charge is 0.337 e. The number of aromatic carboxylic acids is 1. The van der Waals surface area contributed by atoms with Crippen molar-refractivity contribution in [1.82, 2.24) is 0 Å². The number of carboxylic acids is 1. The maximum absolute atomic E-state index is 12.8. The maximum Gasteiger partial charge on any atom is 0.337 e. The third kappa shape index (κ3) is 7.08. The van der Waals surface area contributed by atoms with Crippen molar-refractivity contribution in [1.29, 1.82) is 0 Å². The fourth-order valence-corrected chi connectivity index (χ4v) is 5.00. The Kier molecular flexibility index (Phi) is 8.93. The van der Waals surface area contributed by atoms with Crippen LogP contribution in [0.5, 0.6) is 17.2 Å². The van der Waals surface area contributed by atoms with Gasteiger partial charge >= 0.3 is 5.97 Å². The highest BCUT2D eigenvalue weighted by molar-refractivity contribution is 8.00. The van der Waals surface area contributed by atoms with Gasteiger partial charge in [-0.25, -0.2) is 9.00 Å². The number of hydrogen-bond donors (Lipinski definition) is 3. The highest BCUT2D eigenvalue weighted by Gasteiger charge is 2.15. The molecule has 38 heavy (non-hydrogen) atoms. The lowest BCUT2D eigenvalue weighted by molar-refractivity contribution is 0.0697. The Morgan fingerprint density at radius 2 is 1.47 bits per heavy atom. The van der Waals surface area contributed by atoms with Crippen molar-refractivity contribution in [3.05, 3.63) is 102 Å². The first-order chi connectivity index (χ1) is 18.3. The van der Waals surface area contributed by atoms with Gasteiger partial charge in [-0.1, -0.05) is 35.4 Å². The summed E-state index contributed by atoms with van der Waals surface area (Å²) in [6.07, 6.45) is 0. The van der Waals surface area contributed by atoms with Crippen LogP contribution in [-0.4, -0.2) is 21.9 Å². The van der Waals surface area contributed by atoms with E-state index in [1.807, 2.05) is 69.3 Å². The van der Waals surface area contributed by atoms with Gasteiger partial charge in [0.15, 0.2) is 0 Å². The number of ether oxygens (including phenoxy) is 2. The van der Waals surface area contributed by atoms with Gasteiger partial charge in [-0.05, 0) is 87.3 Å². The molecule has 0 fully saturated rings. The Labute approximate surface area is 228 Å². The van der Waals surface area contributed by atoms with Gasteiger partial charge in [0.05, 0.1) is 28.4 Å². The van der Waals surface area contributed by atoms with Gasteiger partial charge < -0.3 is 19.3 Å². The Morgan fingerprint density at radius 1 is 0.868 bits per heavy atom. The van der Waals surface area contributed by atoms with E-state index >= 15 is 0 Å². The number of aryl methyl sites for hydroxylation is 2. The zero-order valence-electron chi connectivity index (χ0n) is 21.2. The largest absolute Gasteiger partial charge is 0.492 e. The molecule has 7 nitrogen and oxygen atoms in total. The Balaban J connectivity index is 1.50. The minimum Gasteiger partial charge on any atom is -0.492 e. The maximum atomic E-state index is 12.8. The normalized spacial score (nSPS) is 11.4. The lowest BCUT2D eigenvalue weighted by atomic mass is 10.1. The standard InChI is InChI=1S/C29H28N2O5S2/c1-4-35-28-18-22(10-16-27(28)31-38(34)24-13-7-20(3)8-14-24)36-21-9-15-26(25(17-21)29(32)33)30-37-23-11-5-19(2)6-12-23/h5-18,30-31H,4H2,1-3H3,(H,32,33). The minimum atomic E-state index is -1.47. The van der Waals surface area contributed by atoms with E-state index in [-0.39, 0.29) is 5.56 Å². The Morgan fingerprint density at radius 3 is 2.11 bits per heavy atom. The summed E-state index contributed by atoms with van der Waals surface area (Å²) < 4.78 is 30.6. The van der Waals surface area contributed by atoms with Gasteiger partial charge in [0.25, 0.3) is 0 Å². The van der Waals surface area contributed by atoms with Crippen molar-refractivity contribution in [3.63, 3.8) is 0 Å². The zero-order valence-corrected chi connectivity index (χ0v) is 22.8. The van der Waals surface area contributed by atoms with E-state index in [0.717, 1.165) is 16.0 Å². The molecule has 0 bridgehead atoms. The van der Waals surface area contributed by atoms with Crippen molar-refractivity contribution in [2.45, 2.75) is 30.6 Å². The van der Waals surface area contributed by atoms with Gasteiger partial charge in [-0.3, -0.25) is 4.72 Å². The summed E-state index contributed by atoms with van der Waals surface area (Å²) in [4.78, 5) is 13.6. The quantitative estimate of drug-likeness (QED) is 0.168. The molecule has 4 aromatic carbocycles. The highest BCUT2D eigenvalue weighted by Crippen LogP contribution is 2.34. The molecule has 4 aromatic rings. The van der Waals surface area contributed by atoms with Crippen LogP contribution in [0.25, 0.3) is 0 Å². The number of nitrogens with one attached hydrogen (secondary N) is 2. The minimum absolute atomic E-state index is 0.0823. The molecule has 0 aliphatic heterocycles. The second-order valence-corrected chi connectivity index (χ2v) is 10.5. The number of carboxylic acid groups (broad SMARTS) is 1. The molecule has 1 unspecified atom stereocenters. The number of hydrogen-bond acceptors (Lipinski definition) is 6. The molecule has 0 aliphatic carbocycles. The molecule has 4 rings (SSSR count). The molecule has 0 aromatic heterocycles. The molecule has 0 heterocycles. The van der Waals surface area contributed by atoms with Gasteiger partial charge in [-0.15, -0.1) is 0 Å². The molecule has 0 saturated carbocycles. The van der Waals surface area contributed by atoms with E-state index in [1.54, 1.807) is 30.3 Å². The first-order valence-electron chi connectivity index (χ1n) is 11.9. The van der Waals surface area contributed by atoms with Crippen LogP contribution in [0.3, 0.4) is 0 Å². The lowest BCUT2D eigenvalue weighted by Crippen LogP contribution is -2.07. The summed E-state index contributed by atoms with van der Waals surface area (Å²) in [5.41, 5.74) is 3.33. The molecular weight excluding hydrogens is 520 g/mol. The van der Waals surface area contributed by atoms with Crippen LogP contribution in [0.4, 0.5) is 11.4 Å². The van der Waals surface area contributed by atoms with E-state index in [9.17, 15) is 14.1 Å². The van der Waals surface area contributed by atoms with Crippen molar-refractivity contribution in [3.8, 4) is 17.2 Å². The topological polar surface area (TPSA) is 96.9 Å². The van der Waals surface area contributed by atoms with Gasteiger partial charge in [-0.2, -0.15) is 0 Å². The molecule has 0 saturated heterocycles. The first kappa shape index (κ1) is 27.1. The summed E-state index contributed by atoms with van der Waals surface area (Å²) in [7, 11) is -1.47. The molecule has 3 N–H and O–H groups in total. The van der Waals surface area contributed by atoms with Crippen LogP contribution in [-0.2, 0) is 11.0 Å². The fraction of sp³-hybridized carbons (Fsp3) is 0.138. The monoisotopic (exact) mass is 548 g/mol. The zero-order chi connectivity index (χ0) is 27.1.